The van der Waals surface area contributed by atoms with E-state index in [2.05, 4.69) is 4.99 Å². The fraction of sp³-hybridized carbons (Fsp3) is 0.115. The number of ether oxygens (including phenoxy) is 1. The minimum atomic E-state index is -1.00. The summed E-state index contributed by atoms with van der Waals surface area (Å²) < 4.78 is 5.82. The van der Waals surface area contributed by atoms with Crippen LogP contribution >= 0.6 is 35.0 Å². The lowest BCUT2D eigenvalue weighted by atomic mass is 10.2. The Morgan fingerprint density at radius 3 is 2.43 bits per heavy atom. The molecule has 3 aromatic rings. The number of benzene rings is 3. The molecule has 9 heteroatoms. The van der Waals surface area contributed by atoms with Gasteiger partial charge in [-0.2, -0.15) is 0 Å². The van der Waals surface area contributed by atoms with Crippen LogP contribution in [0.4, 0.5) is 5.69 Å². The molecule has 1 N–H and O–H groups in total. The Kier molecular flexibility index (Phi) is 7.80. The molecule has 6 nitrogen and oxygen atoms in total. The number of aromatic carboxylic acids is 1. The van der Waals surface area contributed by atoms with E-state index < -0.39 is 5.97 Å². The number of nitrogens with zero attached hydrogens (tertiary/aromatic N) is 2. The fourth-order valence-corrected chi connectivity index (χ4v) is 4.71. The maximum absolute atomic E-state index is 12.9. The maximum Gasteiger partial charge on any atom is 0.335 e. The van der Waals surface area contributed by atoms with E-state index in [1.54, 1.807) is 47.4 Å². The highest BCUT2D eigenvalue weighted by Crippen LogP contribution is 2.35. The molecule has 178 valence electrons. The van der Waals surface area contributed by atoms with Crippen LogP contribution in [-0.4, -0.2) is 33.6 Å². The predicted molar refractivity (Wildman–Crippen MR) is 141 cm³/mol. The van der Waals surface area contributed by atoms with Crippen LogP contribution < -0.4 is 4.74 Å². The van der Waals surface area contributed by atoms with E-state index >= 15 is 0 Å². The van der Waals surface area contributed by atoms with Crippen molar-refractivity contribution in [1.29, 1.82) is 0 Å². The van der Waals surface area contributed by atoms with Crippen molar-refractivity contribution in [1.82, 2.24) is 4.90 Å². The topological polar surface area (TPSA) is 79.2 Å². The first-order valence-corrected chi connectivity index (χ1v) is 12.2. The van der Waals surface area contributed by atoms with Crippen LogP contribution in [0.15, 0.2) is 76.6 Å². The van der Waals surface area contributed by atoms with Crippen molar-refractivity contribution in [3.8, 4) is 5.75 Å². The molecule has 4 rings (SSSR count). The number of aliphatic imine (C=N–C) groups is 1. The van der Waals surface area contributed by atoms with E-state index in [4.69, 9.17) is 33.0 Å². The molecular weight excluding hydrogens is 507 g/mol. The molecule has 0 aromatic heterocycles. The van der Waals surface area contributed by atoms with E-state index in [-0.39, 0.29) is 11.5 Å². The summed E-state index contributed by atoms with van der Waals surface area (Å²) in [7, 11) is 0. The summed E-state index contributed by atoms with van der Waals surface area (Å²) in [6.45, 7) is 2.67. The molecule has 3 aromatic carbocycles. The van der Waals surface area contributed by atoms with Crippen molar-refractivity contribution in [2.75, 3.05) is 6.54 Å². The number of carboxylic acid groups (broad SMARTS) is 1. The Hall–Kier alpha value is -3.26. The number of rotatable bonds is 7. The molecule has 1 heterocycles. The van der Waals surface area contributed by atoms with Crippen molar-refractivity contribution >= 4 is 63.8 Å². The van der Waals surface area contributed by atoms with Gasteiger partial charge in [0.2, 0.25) is 0 Å². The summed E-state index contributed by atoms with van der Waals surface area (Å²) in [5, 5.41) is 10.7. The van der Waals surface area contributed by atoms with Gasteiger partial charge in [0.05, 0.1) is 21.2 Å². The van der Waals surface area contributed by atoms with Crippen molar-refractivity contribution in [2.24, 2.45) is 4.99 Å². The van der Waals surface area contributed by atoms with Gasteiger partial charge in [0.15, 0.2) is 5.17 Å². The van der Waals surface area contributed by atoms with E-state index in [0.717, 1.165) is 11.1 Å². The third kappa shape index (κ3) is 6.06. The SMILES string of the molecule is CCN1C(=O)C(=Cc2ccc(OCc3ccc(Cl)cc3)c(Cl)c2)SC1=Nc1ccc(C(=O)O)cc1. The highest BCUT2D eigenvalue weighted by Gasteiger charge is 2.32. The standard InChI is InChI=1S/C26H20Cl2N2O4S/c1-2-30-24(31)23(35-26(30)29-20-10-6-18(7-11-20)25(32)33)14-17-5-12-22(21(28)13-17)34-15-16-3-8-19(27)9-4-16/h3-14H,2,15H2,1H3,(H,32,33). The second-order valence-electron chi connectivity index (χ2n) is 7.51. The lowest BCUT2D eigenvalue weighted by Crippen LogP contribution is -2.28. The Morgan fingerprint density at radius 1 is 1.09 bits per heavy atom. The summed E-state index contributed by atoms with van der Waals surface area (Å²) in [6.07, 6.45) is 1.76. The smallest absolute Gasteiger partial charge is 0.335 e. The molecule has 1 aliphatic heterocycles. The van der Waals surface area contributed by atoms with Crippen molar-refractivity contribution in [3.63, 3.8) is 0 Å². The number of likely N-dealkylation sites (N-methyl/N-ethyl adjacent to an activating group) is 1. The minimum absolute atomic E-state index is 0.155. The van der Waals surface area contributed by atoms with Gasteiger partial charge in [0.25, 0.3) is 5.91 Å². The van der Waals surface area contributed by atoms with Crippen LogP contribution in [0.2, 0.25) is 10.0 Å². The van der Waals surface area contributed by atoms with Gasteiger partial charge in [0, 0.05) is 11.6 Å². The summed E-state index contributed by atoms with van der Waals surface area (Å²) in [4.78, 5) is 30.6. The van der Waals surface area contributed by atoms with Crippen molar-refractivity contribution < 1.29 is 19.4 Å². The number of carbonyl (C=O) groups excluding carboxylic acids is 1. The molecule has 35 heavy (non-hydrogen) atoms. The Bertz CT molecular complexity index is 1320. The molecule has 1 amide bonds. The largest absolute Gasteiger partial charge is 0.487 e. The quantitative estimate of drug-likeness (QED) is 0.339. The number of amidine groups is 1. The molecule has 0 aliphatic carbocycles. The first-order valence-electron chi connectivity index (χ1n) is 10.6. The van der Waals surface area contributed by atoms with E-state index in [0.29, 0.717) is 44.7 Å². The second-order valence-corrected chi connectivity index (χ2v) is 9.36. The van der Waals surface area contributed by atoms with Crippen LogP contribution in [0.25, 0.3) is 6.08 Å². The number of carboxylic acids is 1. The van der Waals surface area contributed by atoms with Gasteiger partial charge in [0.1, 0.15) is 12.4 Å². The number of halogens is 2. The average molecular weight is 527 g/mol. The fourth-order valence-electron chi connectivity index (χ4n) is 3.28. The number of hydrogen-bond acceptors (Lipinski definition) is 5. The van der Waals surface area contributed by atoms with Crippen LogP contribution in [0.3, 0.4) is 0 Å². The second kappa shape index (κ2) is 11.0. The van der Waals surface area contributed by atoms with Gasteiger partial charge in [-0.15, -0.1) is 0 Å². The van der Waals surface area contributed by atoms with Gasteiger partial charge in [-0.05, 0) is 84.4 Å². The van der Waals surface area contributed by atoms with Gasteiger partial charge in [-0.1, -0.05) is 41.4 Å². The number of hydrogen-bond donors (Lipinski definition) is 1. The number of thioether (sulfide) groups is 1. The highest BCUT2D eigenvalue weighted by molar-refractivity contribution is 8.18. The number of amides is 1. The number of carbonyl (C=O) groups is 2. The van der Waals surface area contributed by atoms with E-state index in [9.17, 15) is 9.59 Å². The third-order valence-electron chi connectivity index (χ3n) is 5.10. The molecule has 0 bridgehead atoms. The Morgan fingerprint density at radius 2 is 1.80 bits per heavy atom. The lowest BCUT2D eigenvalue weighted by molar-refractivity contribution is -0.122. The molecule has 0 unspecified atom stereocenters. The normalized spacial score (nSPS) is 15.7. The zero-order chi connectivity index (χ0) is 24.9. The summed E-state index contributed by atoms with van der Waals surface area (Å²) in [6, 6.07) is 18.9. The maximum atomic E-state index is 12.9. The van der Waals surface area contributed by atoms with E-state index in [1.165, 1.54) is 23.9 Å². The first kappa shape index (κ1) is 24.9. The third-order valence-corrected chi connectivity index (χ3v) is 6.66. The highest BCUT2D eigenvalue weighted by atomic mass is 35.5. The molecule has 0 radical (unpaired) electrons. The molecule has 0 spiro atoms. The van der Waals surface area contributed by atoms with Crippen LogP contribution in [0.1, 0.15) is 28.4 Å². The Balaban J connectivity index is 1.50. The Labute approximate surface area is 216 Å². The zero-order valence-electron chi connectivity index (χ0n) is 18.6. The molecule has 0 saturated carbocycles. The molecule has 0 atom stereocenters. The lowest BCUT2D eigenvalue weighted by Gasteiger charge is -2.12. The summed E-state index contributed by atoms with van der Waals surface area (Å²) >= 11 is 13.6. The zero-order valence-corrected chi connectivity index (χ0v) is 20.9. The van der Waals surface area contributed by atoms with Gasteiger partial charge in [-0.3, -0.25) is 9.69 Å². The molecule has 1 aliphatic rings. The summed E-state index contributed by atoms with van der Waals surface area (Å²) in [5.41, 5.74) is 2.46. The van der Waals surface area contributed by atoms with Crippen molar-refractivity contribution in [3.05, 3.63) is 98.4 Å². The van der Waals surface area contributed by atoms with Crippen molar-refractivity contribution in [2.45, 2.75) is 13.5 Å². The van der Waals surface area contributed by atoms with Crippen LogP contribution in [-0.2, 0) is 11.4 Å². The summed E-state index contributed by atoms with van der Waals surface area (Å²) in [5.74, 6) is -0.621. The average Bonchev–Trinajstić information content (AvgIpc) is 3.13. The molecule has 1 fully saturated rings. The van der Waals surface area contributed by atoms with E-state index in [1.807, 2.05) is 25.1 Å². The van der Waals surface area contributed by atoms with Gasteiger partial charge >= 0.3 is 5.97 Å². The molecular formula is C26H20Cl2N2O4S. The van der Waals surface area contributed by atoms with Crippen LogP contribution in [0.5, 0.6) is 5.75 Å². The first-order chi connectivity index (χ1) is 16.8. The van der Waals surface area contributed by atoms with Crippen LogP contribution in [0, 0.1) is 0 Å². The van der Waals surface area contributed by atoms with Gasteiger partial charge < -0.3 is 9.84 Å². The van der Waals surface area contributed by atoms with Gasteiger partial charge in [-0.25, -0.2) is 9.79 Å². The predicted octanol–water partition coefficient (Wildman–Crippen LogP) is 6.89. The molecule has 1 saturated heterocycles. The minimum Gasteiger partial charge on any atom is -0.487 e. The monoisotopic (exact) mass is 526 g/mol.